The standard InChI is InChI=1S/C14H25ClO2Si/c1-14(2,3)18(4,5)13-12(9-16)11(10-17-13)7-6-8-15/h10,16H,6-9H2,1-5H3. The summed E-state index contributed by atoms with van der Waals surface area (Å²) in [6.07, 6.45) is 3.62. The van der Waals surface area contributed by atoms with E-state index < -0.39 is 8.07 Å². The van der Waals surface area contributed by atoms with Gasteiger partial charge in [-0.25, -0.2) is 0 Å². The lowest BCUT2D eigenvalue weighted by Crippen LogP contribution is -2.50. The Morgan fingerprint density at radius 1 is 1.33 bits per heavy atom. The zero-order chi connectivity index (χ0) is 14.0. The fourth-order valence-corrected chi connectivity index (χ4v) is 4.09. The van der Waals surface area contributed by atoms with Crippen molar-refractivity contribution in [3.05, 3.63) is 17.4 Å². The Hall–Kier alpha value is -0.253. The summed E-state index contributed by atoms with van der Waals surface area (Å²) in [4.78, 5) is 0. The molecule has 1 aromatic heterocycles. The minimum atomic E-state index is -1.72. The van der Waals surface area contributed by atoms with Gasteiger partial charge in [0.05, 0.1) is 18.3 Å². The van der Waals surface area contributed by atoms with Crippen molar-refractivity contribution in [3.8, 4) is 0 Å². The topological polar surface area (TPSA) is 33.4 Å². The van der Waals surface area contributed by atoms with Gasteiger partial charge in [-0.1, -0.05) is 33.9 Å². The Labute approximate surface area is 116 Å². The SMILES string of the molecule is CC(C)(C)[Si](C)(C)c1occ(CCCCl)c1CO. The van der Waals surface area contributed by atoms with Gasteiger partial charge in [0, 0.05) is 11.4 Å². The molecule has 2 nitrogen and oxygen atoms in total. The molecule has 1 N–H and O–H groups in total. The fraction of sp³-hybridized carbons (Fsp3) is 0.714. The van der Waals surface area contributed by atoms with Gasteiger partial charge in [-0.3, -0.25) is 0 Å². The van der Waals surface area contributed by atoms with E-state index in [2.05, 4.69) is 33.9 Å². The molecule has 1 aromatic rings. The normalized spacial score (nSPS) is 13.1. The molecule has 0 atom stereocenters. The molecule has 0 spiro atoms. The molecule has 0 aliphatic carbocycles. The molecule has 0 bridgehead atoms. The number of hydrogen-bond donors (Lipinski definition) is 1. The first kappa shape index (κ1) is 15.8. The molecule has 0 fully saturated rings. The minimum Gasteiger partial charge on any atom is -0.474 e. The Balaban J connectivity index is 3.14. The molecule has 4 heteroatoms. The Morgan fingerprint density at radius 3 is 2.39 bits per heavy atom. The van der Waals surface area contributed by atoms with Gasteiger partial charge in [-0.05, 0) is 23.4 Å². The molecule has 0 saturated carbocycles. The van der Waals surface area contributed by atoms with E-state index in [1.54, 1.807) is 0 Å². The highest BCUT2D eigenvalue weighted by atomic mass is 35.5. The monoisotopic (exact) mass is 288 g/mol. The van der Waals surface area contributed by atoms with Crippen molar-refractivity contribution >= 4 is 25.1 Å². The average molecular weight is 289 g/mol. The zero-order valence-electron chi connectivity index (χ0n) is 12.1. The molecule has 0 aliphatic heterocycles. The highest BCUT2D eigenvalue weighted by Gasteiger charge is 2.41. The van der Waals surface area contributed by atoms with E-state index in [0.717, 1.165) is 29.4 Å². The largest absolute Gasteiger partial charge is 0.474 e. The highest BCUT2D eigenvalue weighted by Crippen LogP contribution is 2.36. The van der Waals surface area contributed by atoms with Gasteiger partial charge in [-0.15, -0.1) is 11.6 Å². The fourth-order valence-electron chi connectivity index (χ4n) is 1.92. The number of halogens is 1. The van der Waals surface area contributed by atoms with Crippen molar-refractivity contribution in [2.45, 2.75) is 58.4 Å². The summed E-state index contributed by atoms with van der Waals surface area (Å²) in [5.41, 5.74) is 2.13. The number of furan rings is 1. The summed E-state index contributed by atoms with van der Waals surface area (Å²) in [5.74, 6) is 0.644. The van der Waals surface area contributed by atoms with E-state index in [4.69, 9.17) is 16.0 Å². The maximum atomic E-state index is 9.65. The molecule has 0 unspecified atom stereocenters. The average Bonchev–Trinajstić information content (AvgIpc) is 2.67. The van der Waals surface area contributed by atoms with Crippen LogP contribution in [0.15, 0.2) is 10.7 Å². The van der Waals surface area contributed by atoms with Crippen LogP contribution in [0.3, 0.4) is 0 Å². The predicted octanol–water partition coefficient (Wildman–Crippen LogP) is 3.66. The molecule has 1 rings (SSSR count). The predicted molar refractivity (Wildman–Crippen MR) is 80.5 cm³/mol. The molecule has 1 heterocycles. The number of rotatable bonds is 5. The van der Waals surface area contributed by atoms with Crippen LogP contribution >= 0.6 is 11.6 Å². The zero-order valence-corrected chi connectivity index (χ0v) is 13.9. The van der Waals surface area contributed by atoms with E-state index in [9.17, 15) is 5.11 Å². The first-order valence-electron chi connectivity index (χ1n) is 6.52. The van der Waals surface area contributed by atoms with Crippen molar-refractivity contribution in [1.29, 1.82) is 0 Å². The third-order valence-electron chi connectivity index (χ3n) is 4.16. The van der Waals surface area contributed by atoms with Crippen LogP contribution in [0, 0.1) is 0 Å². The van der Waals surface area contributed by atoms with Crippen LogP contribution in [-0.2, 0) is 13.0 Å². The maximum Gasteiger partial charge on any atom is 0.132 e. The van der Waals surface area contributed by atoms with Crippen LogP contribution in [0.1, 0.15) is 38.3 Å². The second kappa shape index (κ2) is 5.80. The highest BCUT2D eigenvalue weighted by molar-refractivity contribution is 6.91. The van der Waals surface area contributed by atoms with E-state index in [0.29, 0.717) is 5.88 Å². The van der Waals surface area contributed by atoms with Gasteiger partial charge < -0.3 is 9.52 Å². The summed E-state index contributed by atoms with van der Waals surface area (Å²) in [7, 11) is -1.72. The molecule has 18 heavy (non-hydrogen) atoms. The third-order valence-corrected chi connectivity index (χ3v) is 9.73. The van der Waals surface area contributed by atoms with E-state index in [-0.39, 0.29) is 11.6 Å². The smallest absolute Gasteiger partial charge is 0.132 e. The van der Waals surface area contributed by atoms with E-state index in [1.807, 2.05) is 6.26 Å². The number of alkyl halides is 1. The van der Waals surface area contributed by atoms with Crippen molar-refractivity contribution in [3.63, 3.8) is 0 Å². The minimum absolute atomic E-state index is 0.0654. The number of aryl methyl sites for hydroxylation is 1. The summed E-state index contributed by atoms with van der Waals surface area (Å²) in [6.45, 7) is 11.4. The van der Waals surface area contributed by atoms with Crippen LogP contribution in [0.5, 0.6) is 0 Å². The van der Waals surface area contributed by atoms with Gasteiger partial charge in [-0.2, -0.15) is 0 Å². The molecular weight excluding hydrogens is 264 g/mol. The van der Waals surface area contributed by atoms with Crippen molar-refractivity contribution in [1.82, 2.24) is 0 Å². The van der Waals surface area contributed by atoms with Gasteiger partial charge >= 0.3 is 0 Å². The molecule has 0 aromatic carbocycles. The first-order valence-corrected chi connectivity index (χ1v) is 10.1. The number of hydrogen-bond acceptors (Lipinski definition) is 2. The lowest BCUT2D eigenvalue weighted by atomic mass is 10.1. The van der Waals surface area contributed by atoms with Gasteiger partial charge in [0.25, 0.3) is 0 Å². The number of aliphatic hydroxyl groups excluding tert-OH is 1. The van der Waals surface area contributed by atoms with Crippen LogP contribution < -0.4 is 5.38 Å². The molecular formula is C14H25ClO2Si. The van der Waals surface area contributed by atoms with Crippen LogP contribution in [0.25, 0.3) is 0 Å². The second-order valence-electron chi connectivity index (χ2n) is 6.39. The van der Waals surface area contributed by atoms with Crippen LogP contribution in [-0.4, -0.2) is 19.1 Å². The van der Waals surface area contributed by atoms with Crippen molar-refractivity contribution < 1.29 is 9.52 Å². The van der Waals surface area contributed by atoms with Crippen molar-refractivity contribution in [2.24, 2.45) is 0 Å². The summed E-state index contributed by atoms with van der Waals surface area (Å²) >= 11 is 5.73. The summed E-state index contributed by atoms with van der Waals surface area (Å²) < 4.78 is 5.83. The Morgan fingerprint density at radius 2 is 1.94 bits per heavy atom. The third kappa shape index (κ3) is 3.01. The van der Waals surface area contributed by atoms with Gasteiger partial charge in [0.2, 0.25) is 0 Å². The lowest BCUT2D eigenvalue weighted by molar-refractivity contribution is 0.281. The summed E-state index contributed by atoms with van der Waals surface area (Å²) in [6, 6.07) is 0. The first-order chi connectivity index (χ1) is 8.25. The molecule has 104 valence electrons. The van der Waals surface area contributed by atoms with Crippen LogP contribution in [0.2, 0.25) is 18.1 Å². The molecule has 0 aliphatic rings. The molecule has 0 radical (unpaired) electrons. The molecule has 0 saturated heterocycles. The van der Waals surface area contributed by atoms with Gasteiger partial charge in [0.1, 0.15) is 8.07 Å². The van der Waals surface area contributed by atoms with Gasteiger partial charge in [0.15, 0.2) is 0 Å². The van der Waals surface area contributed by atoms with Crippen LogP contribution in [0.4, 0.5) is 0 Å². The van der Waals surface area contributed by atoms with E-state index in [1.165, 1.54) is 0 Å². The van der Waals surface area contributed by atoms with Crippen molar-refractivity contribution in [2.75, 3.05) is 5.88 Å². The maximum absolute atomic E-state index is 9.65. The molecule has 0 amide bonds. The quantitative estimate of drug-likeness (QED) is 0.663. The Kier molecular flexibility index (Phi) is 5.10. The second-order valence-corrected chi connectivity index (χ2v) is 12.0. The van der Waals surface area contributed by atoms with E-state index >= 15 is 0 Å². The number of aliphatic hydroxyl groups is 1. The lowest BCUT2D eigenvalue weighted by Gasteiger charge is -2.35. The summed E-state index contributed by atoms with van der Waals surface area (Å²) in [5, 5.41) is 10.9. The Bertz CT molecular complexity index is 391.